The third-order valence-corrected chi connectivity index (χ3v) is 6.16. The van der Waals surface area contributed by atoms with Crippen molar-refractivity contribution >= 4 is 11.3 Å². The molecule has 2 saturated heterocycles. The lowest BCUT2D eigenvalue weighted by molar-refractivity contribution is 0.00397. The van der Waals surface area contributed by atoms with Crippen LogP contribution < -0.4 is 0 Å². The summed E-state index contributed by atoms with van der Waals surface area (Å²) in [6.07, 6.45) is 2.76. The zero-order valence-corrected chi connectivity index (χ0v) is 14.0. The van der Waals surface area contributed by atoms with Gasteiger partial charge in [0.2, 0.25) is 0 Å². The van der Waals surface area contributed by atoms with Crippen LogP contribution in [0.5, 0.6) is 0 Å². The average molecular weight is 293 g/mol. The minimum Gasteiger partial charge on any atom is -0.298 e. The molecular weight excluding hydrogens is 266 g/mol. The van der Waals surface area contributed by atoms with Crippen LogP contribution in [0, 0.1) is 12.8 Å². The van der Waals surface area contributed by atoms with E-state index in [-0.39, 0.29) is 0 Å². The van der Waals surface area contributed by atoms with Gasteiger partial charge < -0.3 is 0 Å². The highest BCUT2D eigenvalue weighted by Gasteiger charge is 2.39. The van der Waals surface area contributed by atoms with Crippen molar-refractivity contribution in [2.75, 3.05) is 19.6 Å². The van der Waals surface area contributed by atoms with E-state index >= 15 is 0 Å². The largest absolute Gasteiger partial charge is 0.298 e. The van der Waals surface area contributed by atoms with Crippen LogP contribution in [0.4, 0.5) is 0 Å². The fraction of sp³-hybridized carbons (Fsp3) is 0.812. The molecule has 20 heavy (non-hydrogen) atoms. The standard InChI is InChI=1S/C16H27N3S/c1-11(2)15-9-18-7-5-6-14(18)8-19(15)13(4)16-17-12(3)10-20-16/h10-11,13-15H,5-9H2,1-4H3. The molecule has 3 rings (SSSR count). The van der Waals surface area contributed by atoms with Gasteiger partial charge in [0.25, 0.3) is 0 Å². The normalized spacial score (nSPS) is 29.9. The molecular formula is C16H27N3S. The van der Waals surface area contributed by atoms with Crippen molar-refractivity contribution in [1.82, 2.24) is 14.8 Å². The fourth-order valence-corrected chi connectivity index (χ4v) is 4.68. The van der Waals surface area contributed by atoms with Crippen LogP contribution in [0.3, 0.4) is 0 Å². The molecule has 4 heteroatoms. The smallest absolute Gasteiger partial charge is 0.110 e. The summed E-state index contributed by atoms with van der Waals surface area (Å²) in [5.41, 5.74) is 1.16. The molecule has 0 N–H and O–H groups in total. The van der Waals surface area contributed by atoms with Gasteiger partial charge in [-0.25, -0.2) is 4.98 Å². The summed E-state index contributed by atoms with van der Waals surface area (Å²) in [6.45, 7) is 13.0. The Morgan fingerprint density at radius 3 is 2.75 bits per heavy atom. The molecule has 0 saturated carbocycles. The molecule has 3 nitrogen and oxygen atoms in total. The number of fused-ring (bicyclic) bond motifs is 1. The summed E-state index contributed by atoms with van der Waals surface area (Å²) >= 11 is 1.82. The fourth-order valence-electron chi connectivity index (χ4n) is 3.81. The monoisotopic (exact) mass is 293 g/mol. The van der Waals surface area contributed by atoms with E-state index in [1.165, 1.54) is 37.5 Å². The van der Waals surface area contributed by atoms with Crippen LogP contribution in [-0.4, -0.2) is 46.5 Å². The van der Waals surface area contributed by atoms with Gasteiger partial charge in [0.05, 0.1) is 6.04 Å². The van der Waals surface area contributed by atoms with Crippen LogP contribution in [0.2, 0.25) is 0 Å². The Labute approximate surface area is 127 Å². The van der Waals surface area contributed by atoms with Crippen molar-refractivity contribution < 1.29 is 0 Å². The zero-order chi connectivity index (χ0) is 14.3. The van der Waals surface area contributed by atoms with Crippen LogP contribution in [0.25, 0.3) is 0 Å². The van der Waals surface area contributed by atoms with E-state index in [0.717, 1.165) is 11.7 Å². The second kappa shape index (κ2) is 5.74. The van der Waals surface area contributed by atoms with Gasteiger partial charge in [0.15, 0.2) is 0 Å². The summed E-state index contributed by atoms with van der Waals surface area (Å²) in [6, 6.07) is 1.92. The number of piperazine rings is 1. The SMILES string of the molecule is Cc1csc(C(C)N2CC3CCCN3CC2C(C)C)n1. The van der Waals surface area contributed by atoms with E-state index in [9.17, 15) is 0 Å². The second-order valence-corrected chi connectivity index (χ2v) is 7.69. The molecule has 0 aromatic carbocycles. The Morgan fingerprint density at radius 1 is 1.30 bits per heavy atom. The Balaban J connectivity index is 1.81. The van der Waals surface area contributed by atoms with E-state index in [0.29, 0.717) is 18.0 Å². The third kappa shape index (κ3) is 2.66. The van der Waals surface area contributed by atoms with Gasteiger partial charge in [-0.2, -0.15) is 0 Å². The van der Waals surface area contributed by atoms with E-state index in [4.69, 9.17) is 4.98 Å². The zero-order valence-electron chi connectivity index (χ0n) is 13.2. The molecule has 0 radical (unpaired) electrons. The van der Waals surface area contributed by atoms with Gasteiger partial charge in [-0.05, 0) is 39.2 Å². The van der Waals surface area contributed by atoms with Crippen molar-refractivity contribution in [2.45, 2.75) is 58.7 Å². The van der Waals surface area contributed by atoms with Crippen molar-refractivity contribution in [1.29, 1.82) is 0 Å². The van der Waals surface area contributed by atoms with E-state index in [2.05, 4.69) is 42.9 Å². The van der Waals surface area contributed by atoms with E-state index in [1.807, 2.05) is 11.3 Å². The predicted molar refractivity (Wildman–Crippen MR) is 85.2 cm³/mol. The molecule has 0 amide bonds. The summed E-state index contributed by atoms with van der Waals surface area (Å²) in [5, 5.41) is 3.47. The van der Waals surface area contributed by atoms with Gasteiger partial charge in [-0.3, -0.25) is 9.80 Å². The Kier molecular flexibility index (Phi) is 4.16. The highest BCUT2D eigenvalue weighted by molar-refractivity contribution is 7.09. The van der Waals surface area contributed by atoms with Gasteiger partial charge in [-0.15, -0.1) is 11.3 Å². The van der Waals surface area contributed by atoms with Crippen LogP contribution in [0.1, 0.15) is 50.4 Å². The first-order valence-electron chi connectivity index (χ1n) is 7.98. The quantitative estimate of drug-likeness (QED) is 0.852. The molecule has 0 aliphatic carbocycles. The van der Waals surface area contributed by atoms with Gasteiger partial charge in [-0.1, -0.05) is 13.8 Å². The number of hydrogen-bond donors (Lipinski definition) is 0. The van der Waals surface area contributed by atoms with Crippen molar-refractivity contribution in [3.8, 4) is 0 Å². The third-order valence-electron chi connectivity index (χ3n) is 5.03. The number of hydrogen-bond acceptors (Lipinski definition) is 4. The maximum absolute atomic E-state index is 4.73. The van der Waals surface area contributed by atoms with Crippen molar-refractivity contribution in [3.05, 3.63) is 16.1 Å². The summed E-state index contributed by atoms with van der Waals surface area (Å²) in [5.74, 6) is 0.708. The molecule has 0 bridgehead atoms. The Hall–Kier alpha value is -0.450. The highest BCUT2D eigenvalue weighted by atomic mass is 32.1. The van der Waals surface area contributed by atoms with Gasteiger partial charge >= 0.3 is 0 Å². The molecule has 2 aliphatic heterocycles. The highest BCUT2D eigenvalue weighted by Crippen LogP contribution is 2.34. The topological polar surface area (TPSA) is 19.4 Å². The lowest BCUT2D eigenvalue weighted by Gasteiger charge is -2.47. The minimum absolute atomic E-state index is 0.462. The van der Waals surface area contributed by atoms with E-state index < -0.39 is 0 Å². The summed E-state index contributed by atoms with van der Waals surface area (Å²) < 4.78 is 0. The first kappa shape index (κ1) is 14.5. The molecule has 112 valence electrons. The minimum atomic E-state index is 0.462. The van der Waals surface area contributed by atoms with Crippen LogP contribution in [0.15, 0.2) is 5.38 Å². The maximum atomic E-state index is 4.73. The lowest BCUT2D eigenvalue weighted by Crippen LogP contribution is -2.58. The number of aromatic nitrogens is 1. The van der Waals surface area contributed by atoms with Crippen LogP contribution in [-0.2, 0) is 0 Å². The summed E-state index contributed by atoms with van der Waals surface area (Å²) in [7, 11) is 0. The van der Waals surface area contributed by atoms with Gasteiger partial charge in [0.1, 0.15) is 5.01 Å². The lowest BCUT2D eigenvalue weighted by atomic mass is 9.95. The molecule has 3 atom stereocenters. The first-order chi connectivity index (χ1) is 9.56. The molecule has 1 aromatic rings. The second-order valence-electron chi connectivity index (χ2n) is 6.80. The maximum Gasteiger partial charge on any atom is 0.110 e. The molecule has 3 heterocycles. The molecule has 1 aromatic heterocycles. The number of aryl methyl sites for hydroxylation is 1. The van der Waals surface area contributed by atoms with E-state index in [1.54, 1.807) is 0 Å². The van der Waals surface area contributed by atoms with Crippen molar-refractivity contribution in [2.24, 2.45) is 5.92 Å². The van der Waals surface area contributed by atoms with Gasteiger partial charge in [0, 0.05) is 36.2 Å². The predicted octanol–water partition coefficient (Wildman–Crippen LogP) is 3.32. The average Bonchev–Trinajstić information content (AvgIpc) is 3.04. The van der Waals surface area contributed by atoms with Crippen molar-refractivity contribution in [3.63, 3.8) is 0 Å². The number of rotatable bonds is 3. The molecule has 3 unspecified atom stereocenters. The molecule has 2 aliphatic rings. The number of thiazole rings is 1. The Morgan fingerprint density at radius 2 is 2.10 bits per heavy atom. The number of nitrogens with zero attached hydrogens (tertiary/aromatic N) is 3. The Bertz CT molecular complexity index is 456. The summed E-state index contributed by atoms with van der Waals surface area (Å²) in [4.78, 5) is 10.2. The molecule has 2 fully saturated rings. The molecule has 0 spiro atoms. The first-order valence-corrected chi connectivity index (χ1v) is 8.86. The van der Waals surface area contributed by atoms with Crippen LogP contribution >= 0.6 is 11.3 Å².